The number of ether oxygens (including phenoxy) is 2. The minimum atomic E-state index is -0.467. The number of hydrogen-bond donors (Lipinski definition) is 13. The van der Waals surface area contributed by atoms with Crippen LogP contribution in [0.15, 0.2) is 251 Å². The number of phenols is 3. The molecule has 0 spiro atoms. The van der Waals surface area contributed by atoms with E-state index in [2.05, 4.69) is 233 Å². The van der Waals surface area contributed by atoms with E-state index in [1.54, 1.807) is 137 Å². The highest BCUT2D eigenvalue weighted by Crippen LogP contribution is 2.31. The van der Waals surface area contributed by atoms with Gasteiger partial charge in [-0.05, 0) is 156 Å². The summed E-state index contributed by atoms with van der Waals surface area (Å²) in [5.41, 5.74) is 25.2. The molecule has 0 radical (unpaired) electrons. The quantitative estimate of drug-likeness (QED) is 0.0209. The van der Waals surface area contributed by atoms with E-state index in [9.17, 15) is 38.5 Å². The number of aryl methyl sites for hydroxylation is 4. The number of benzene rings is 5. The van der Waals surface area contributed by atoms with Crippen molar-refractivity contribution in [3.05, 3.63) is 321 Å². The number of halogens is 8. The van der Waals surface area contributed by atoms with Crippen LogP contribution in [0.2, 0.25) is 10.0 Å². The van der Waals surface area contributed by atoms with Crippen molar-refractivity contribution < 1.29 is 33.6 Å². The second-order valence-corrected chi connectivity index (χ2v) is 31.6. The zero-order valence-corrected chi connectivity index (χ0v) is 80.0. The lowest BCUT2D eigenvalue weighted by molar-refractivity contribution is 0.122. The minimum absolute atomic E-state index is 0.0936. The standard InChI is InChI=1S/C16H16BrClFN5O.C16H18FN5O.C11H9BrClN5O2.C11H9BrN4O.C11H11N5O2.C10H8BrN5.C10H10N6O/c1-10-11(6-12(17)7-13(10)18)8-21-23-16-20-9-14(19)15(22-16)24-2-4-25-5-3-24;1-12-4-2-3-5-13(12)10-19-21-16-18-11-14(17)15(20-16)22-6-8-23-9-7-22;1-5-10(20)15-11(18-16-5)17-14-4-6-2-7(12)3-8(13)9(6)19;12-9-6-13-11(14-7-9)16-15-5-8-3-1-2-4-10(8)17;1-7-10(18)13-11(16-14-7)15-12-6-8-4-2-3-5-9(8)17;11-8-5-13-10(14-6-8)16-15-7-9-3-1-2-4-12-9;1-7-9(17)13-10(16-14-7)15-12-6-8-4-2-3-5-11-8/h6-9H,2-5H2,1H3,(H,20,22,23);2-5,10-11H,6-9H2,1H3,(H,18,20,21);2-4,19H,1H3,(H2,15,17,18,20);1-7,17H,(H,13,14,16);2-6,17H,1H3,(H2,13,15,16,18);1-7H,(H,13,14,16);2-6H,1H3,(H2,13,15,16,17)/b21-8-;19-10-;14-4+;15-5+;12-6+;15-7+;12-6+. The number of H-pyrrole nitrogens is 3. The predicted octanol–water partition coefficient (Wildman–Crippen LogP) is 13.3. The summed E-state index contributed by atoms with van der Waals surface area (Å²) < 4.78 is 41.6. The molecule has 2 fully saturated rings. The number of nitrogens with one attached hydrogen (secondary N) is 10. The van der Waals surface area contributed by atoms with Gasteiger partial charge in [0.05, 0.1) is 108 Å². The molecule has 0 aliphatic carbocycles. The van der Waals surface area contributed by atoms with Gasteiger partial charge in [0.1, 0.15) is 34.3 Å². The Hall–Kier alpha value is -15.3. The maximum atomic E-state index is 14.0. The Kier molecular flexibility index (Phi) is 41.3. The fraction of sp³-hybridized carbons (Fsp3) is 0.153. The van der Waals surface area contributed by atoms with Gasteiger partial charge in [-0.3, -0.25) is 39.3 Å². The van der Waals surface area contributed by atoms with Crippen molar-refractivity contribution in [1.82, 2.24) is 95.4 Å². The van der Waals surface area contributed by atoms with Crippen LogP contribution in [-0.4, -0.2) is 207 Å². The van der Waals surface area contributed by atoms with Crippen molar-refractivity contribution in [2.45, 2.75) is 34.6 Å². The molecule has 5 aromatic carbocycles. The van der Waals surface area contributed by atoms with Gasteiger partial charge in [0.25, 0.3) is 16.7 Å². The molecule has 11 heterocycles. The maximum Gasteiger partial charge on any atom is 0.274 e. The molecule has 2 aliphatic heterocycles. The van der Waals surface area contributed by atoms with Crippen LogP contribution in [0.1, 0.15) is 67.4 Å². The van der Waals surface area contributed by atoms with Gasteiger partial charge in [-0.1, -0.05) is 116 Å². The summed E-state index contributed by atoms with van der Waals surface area (Å²) in [6.45, 7) is 13.2. The molecule has 0 atom stereocenters. The summed E-state index contributed by atoms with van der Waals surface area (Å²) in [6.07, 6.45) is 22.9. The van der Waals surface area contributed by atoms with Crippen LogP contribution in [0.25, 0.3) is 0 Å². The summed E-state index contributed by atoms with van der Waals surface area (Å²) in [4.78, 5) is 85.2. The summed E-state index contributed by atoms with van der Waals surface area (Å²) in [7, 11) is 0. The fourth-order valence-corrected chi connectivity index (χ4v) is 12.4. The molecular weight excluding hydrogens is 2070 g/mol. The number of hydrogen-bond acceptors (Lipinski definition) is 40. The molecule has 16 rings (SSSR count). The Morgan fingerprint density at radius 3 is 1.12 bits per heavy atom. The van der Waals surface area contributed by atoms with E-state index >= 15 is 0 Å². The molecule has 2 saturated heterocycles. The molecule has 0 amide bonds. The highest BCUT2D eigenvalue weighted by molar-refractivity contribution is 9.11. The number of phenolic OH excluding ortho intramolecular Hbond substituents is 3. The smallest absolute Gasteiger partial charge is 0.274 e. The third-order valence-electron chi connectivity index (χ3n) is 17.3. The average molecular weight is 2150 g/mol. The van der Waals surface area contributed by atoms with Gasteiger partial charge in [0, 0.05) is 99.6 Å². The van der Waals surface area contributed by atoms with E-state index < -0.39 is 11.6 Å². The Labute approximate surface area is 816 Å². The van der Waals surface area contributed by atoms with Gasteiger partial charge >= 0.3 is 0 Å². The second kappa shape index (κ2) is 54.6. The van der Waals surface area contributed by atoms with Crippen molar-refractivity contribution in [2.75, 3.05) is 100 Å². The fourth-order valence-electron chi connectivity index (χ4n) is 10.3. The number of rotatable bonds is 23. The van der Waals surface area contributed by atoms with Gasteiger partial charge in [0.15, 0.2) is 23.3 Å². The van der Waals surface area contributed by atoms with Crippen molar-refractivity contribution in [2.24, 2.45) is 35.7 Å². The van der Waals surface area contributed by atoms with Crippen LogP contribution in [-0.2, 0) is 9.47 Å². The molecule has 0 saturated carbocycles. The predicted molar refractivity (Wildman–Crippen MR) is 531 cm³/mol. The van der Waals surface area contributed by atoms with E-state index in [0.717, 1.165) is 53.8 Å². The number of para-hydroxylation sites is 2. The van der Waals surface area contributed by atoms with Gasteiger partial charge in [0.2, 0.25) is 41.6 Å². The van der Waals surface area contributed by atoms with E-state index in [4.69, 9.17) is 32.7 Å². The van der Waals surface area contributed by atoms with Gasteiger partial charge < -0.3 is 34.6 Å². The number of pyridine rings is 2. The summed E-state index contributed by atoms with van der Waals surface area (Å²) in [5.74, 6) is 1.54. The first kappa shape index (κ1) is 103. The van der Waals surface area contributed by atoms with Crippen LogP contribution in [0.5, 0.6) is 17.2 Å². The average Bonchev–Trinajstić information content (AvgIpc) is 0.844. The third kappa shape index (κ3) is 35.0. The maximum absolute atomic E-state index is 14.0. The molecular formula is C85H81Br4Cl2F2N35O8. The monoisotopic (exact) mass is 2140 g/mol. The number of aromatic hydroxyl groups is 3. The molecule has 14 aromatic rings. The lowest BCUT2D eigenvalue weighted by atomic mass is 10.1. The minimum Gasteiger partial charge on any atom is -0.507 e. The van der Waals surface area contributed by atoms with Crippen LogP contribution < -0.4 is 64.5 Å². The molecule has 136 heavy (non-hydrogen) atoms. The lowest BCUT2D eigenvalue weighted by Crippen LogP contribution is -2.37. The van der Waals surface area contributed by atoms with E-state index in [0.29, 0.717) is 102 Å². The van der Waals surface area contributed by atoms with Crippen molar-refractivity contribution in [1.29, 1.82) is 0 Å². The topological polar surface area (TPSA) is 561 Å². The van der Waals surface area contributed by atoms with Gasteiger partial charge in [-0.2, -0.15) is 45.7 Å². The Morgan fingerprint density at radius 2 is 0.721 bits per heavy atom. The highest BCUT2D eigenvalue weighted by Gasteiger charge is 2.20. The molecule has 51 heteroatoms. The summed E-state index contributed by atoms with van der Waals surface area (Å²) in [5, 5.41) is 79.3. The number of aromatic amines is 3. The largest absolute Gasteiger partial charge is 0.507 e. The normalized spacial score (nSPS) is 12.2. The molecule has 9 aromatic heterocycles. The highest BCUT2D eigenvalue weighted by atomic mass is 79.9. The first-order valence-electron chi connectivity index (χ1n) is 39.8. The van der Waals surface area contributed by atoms with E-state index in [1.165, 1.54) is 24.9 Å². The van der Waals surface area contributed by atoms with Crippen molar-refractivity contribution in [3.63, 3.8) is 0 Å². The number of nitrogens with zero attached hydrogens (tertiary/aromatic N) is 25. The van der Waals surface area contributed by atoms with Crippen LogP contribution in [0.4, 0.5) is 62.1 Å². The van der Waals surface area contributed by atoms with E-state index in [-0.39, 0.29) is 91.7 Å². The molecule has 43 nitrogen and oxygen atoms in total. The van der Waals surface area contributed by atoms with Crippen molar-refractivity contribution in [3.8, 4) is 17.2 Å². The third-order valence-corrected chi connectivity index (χ3v) is 19.7. The second-order valence-electron chi connectivity index (χ2n) is 27.1. The number of aromatic nitrogens is 19. The number of anilines is 9. The molecule has 0 unspecified atom stereocenters. The van der Waals surface area contributed by atoms with Crippen LogP contribution >= 0.6 is 86.9 Å². The Morgan fingerprint density at radius 1 is 0.382 bits per heavy atom. The number of morpholine rings is 2. The van der Waals surface area contributed by atoms with E-state index in [1.807, 2.05) is 96.4 Å². The zero-order valence-electron chi connectivity index (χ0n) is 72.1. The molecule has 700 valence electrons. The molecule has 0 bridgehead atoms. The molecule has 13 N–H and O–H groups in total. The first-order chi connectivity index (χ1) is 65.8. The SMILES string of the molecule is Brc1cnc(N/N=C/c2ccccn2)nc1.Cc1c(Cl)cc(Br)cc1/C=N\Nc1ncc(F)c(N2CCOCC2)n1.Cc1ccccc1/C=N\Nc1ncc(F)c(N2CCOCC2)n1.Cc1nnc(N/N=C/c2cc(Br)cc(Cl)c2O)[nH]c1=O.Cc1nnc(N/N=C/c2ccccc2O)[nH]c1=O.Cc1nnc(N/N=C/c2ccccn2)[nH]c1=O.Oc1ccccc1/C=N/Nc1ncc(Br)cn1. The first-order valence-corrected chi connectivity index (χ1v) is 43.8. The summed E-state index contributed by atoms with van der Waals surface area (Å²) in [6, 6.07) is 39.5. The van der Waals surface area contributed by atoms with Crippen LogP contribution in [0.3, 0.4) is 0 Å². The Balaban J connectivity index is 0.000000165. The lowest BCUT2D eigenvalue weighted by Gasteiger charge is -2.27. The molecule has 2 aliphatic rings. The Bertz CT molecular complexity index is 6660. The zero-order chi connectivity index (χ0) is 96.9. The van der Waals surface area contributed by atoms with Crippen LogP contribution in [0, 0.1) is 46.3 Å². The van der Waals surface area contributed by atoms with Gasteiger partial charge in [-0.15, -0.1) is 30.6 Å². The number of hydrazone groups is 7. The van der Waals surface area contributed by atoms with Crippen molar-refractivity contribution >= 4 is 184 Å². The summed E-state index contributed by atoms with van der Waals surface area (Å²) >= 11 is 25.1. The van der Waals surface area contributed by atoms with Gasteiger partial charge in [-0.25, -0.2) is 76.7 Å².